The van der Waals surface area contributed by atoms with Gasteiger partial charge in [0.2, 0.25) is 0 Å². The smallest absolute Gasteiger partial charge is 0.106 e. The highest BCUT2D eigenvalue weighted by Crippen LogP contribution is 2.31. The molecule has 0 amide bonds. The van der Waals surface area contributed by atoms with Crippen LogP contribution >= 0.6 is 11.8 Å². The monoisotopic (exact) mass is 152 g/mol. The Kier molecular flexibility index (Phi) is 1.31. The zero-order valence-electron chi connectivity index (χ0n) is 5.69. The molecule has 0 aliphatic carbocycles. The van der Waals surface area contributed by atoms with E-state index in [4.69, 9.17) is 0 Å². The topological polar surface area (TPSA) is 15.6 Å². The van der Waals surface area contributed by atoms with Crippen LogP contribution in [0.5, 0.6) is 0 Å². The summed E-state index contributed by atoms with van der Waals surface area (Å²) in [5.74, 6) is 0. The molecule has 0 aromatic carbocycles. The molecule has 0 fully saturated rings. The summed E-state index contributed by atoms with van der Waals surface area (Å²) in [4.78, 5) is 6.19. The molecule has 2 heterocycles. The summed E-state index contributed by atoms with van der Waals surface area (Å²) in [6.45, 7) is 0. The number of aliphatic imine (C=N–C) groups is 1. The fourth-order valence-electron chi connectivity index (χ4n) is 1.08. The number of fused-ring (bicyclic) bond motifs is 1. The molecule has 2 aliphatic rings. The number of likely N-dealkylation sites (N-methyl/N-ethyl adjacent to an activating group) is 1. The summed E-state index contributed by atoms with van der Waals surface area (Å²) in [5.41, 5.74) is 1.30. The zero-order valence-corrected chi connectivity index (χ0v) is 6.51. The molecule has 0 aromatic heterocycles. The predicted octanol–water partition coefficient (Wildman–Crippen LogP) is 1.43. The second-order valence-corrected chi connectivity index (χ2v) is 3.34. The molecule has 3 heteroatoms. The molecule has 0 bridgehead atoms. The minimum absolute atomic E-state index is 0.484. The van der Waals surface area contributed by atoms with Crippen molar-refractivity contribution in [3.63, 3.8) is 0 Å². The van der Waals surface area contributed by atoms with Crippen molar-refractivity contribution in [3.05, 3.63) is 23.3 Å². The van der Waals surface area contributed by atoms with E-state index in [9.17, 15) is 0 Å². The minimum Gasteiger partial charge on any atom is -0.349 e. The Morgan fingerprint density at radius 3 is 3.40 bits per heavy atom. The average Bonchev–Trinajstić information content (AvgIpc) is 2.36. The van der Waals surface area contributed by atoms with Gasteiger partial charge in [0.15, 0.2) is 0 Å². The highest BCUT2D eigenvalue weighted by atomic mass is 32.2. The molecule has 0 N–H and O–H groups in total. The largest absolute Gasteiger partial charge is 0.349 e. The Bertz CT molecular complexity index is 230. The van der Waals surface area contributed by atoms with E-state index in [1.54, 1.807) is 0 Å². The summed E-state index contributed by atoms with van der Waals surface area (Å²) >= 11 is 1.82. The number of thioether (sulfide) groups is 1. The Morgan fingerprint density at radius 1 is 1.70 bits per heavy atom. The number of hydrogen-bond acceptors (Lipinski definition) is 3. The van der Waals surface area contributed by atoms with Crippen molar-refractivity contribution in [2.75, 3.05) is 7.05 Å². The van der Waals surface area contributed by atoms with Gasteiger partial charge in [-0.25, -0.2) is 4.99 Å². The van der Waals surface area contributed by atoms with Crippen molar-refractivity contribution >= 4 is 18.1 Å². The van der Waals surface area contributed by atoms with Gasteiger partial charge in [0.05, 0.1) is 6.34 Å². The molecule has 2 aliphatic heterocycles. The quantitative estimate of drug-likeness (QED) is 0.522. The predicted molar refractivity (Wildman–Crippen MR) is 44.9 cm³/mol. The van der Waals surface area contributed by atoms with E-state index in [2.05, 4.69) is 21.4 Å². The van der Waals surface area contributed by atoms with Crippen LogP contribution in [0.25, 0.3) is 0 Å². The second-order valence-electron chi connectivity index (χ2n) is 2.35. The molecule has 0 radical (unpaired) electrons. The first-order valence-corrected chi connectivity index (χ1v) is 4.09. The molecule has 1 unspecified atom stereocenters. The van der Waals surface area contributed by atoms with Crippen LogP contribution in [0.4, 0.5) is 0 Å². The summed E-state index contributed by atoms with van der Waals surface area (Å²) in [5, 5.41) is 2.60. The van der Waals surface area contributed by atoms with Crippen LogP contribution in [-0.4, -0.2) is 23.7 Å². The molecule has 0 saturated heterocycles. The Morgan fingerprint density at radius 2 is 2.60 bits per heavy atom. The van der Waals surface area contributed by atoms with E-state index in [0.717, 1.165) is 0 Å². The number of nitrogens with zero attached hydrogens (tertiary/aromatic N) is 2. The van der Waals surface area contributed by atoms with Crippen molar-refractivity contribution in [3.8, 4) is 0 Å². The van der Waals surface area contributed by atoms with Gasteiger partial charge in [0.25, 0.3) is 0 Å². The van der Waals surface area contributed by atoms with E-state index in [-0.39, 0.29) is 0 Å². The molecule has 0 saturated carbocycles. The van der Waals surface area contributed by atoms with Crippen LogP contribution in [0, 0.1) is 0 Å². The van der Waals surface area contributed by atoms with Gasteiger partial charge in [-0.3, -0.25) is 0 Å². The highest BCUT2D eigenvalue weighted by molar-refractivity contribution is 8.03. The molecule has 2 rings (SSSR count). The maximum absolute atomic E-state index is 4.08. The molecule has 52 valence electrons. The van der Waals surface area contributed by atoms with Crippen molar-refractivity contribution < 1.29 is 0 Å². The van der Waals surface area contributed by atoms with E-state index in [1.807, 2.05) is 31.3 Å². The van der Waals surface area contributed by atoms with Crippen LogP contribution in [0.2, 0.25) is 0 Å². The third kappa shape index (κ3) is 0.778. The van der Waals surface area contributed by atoms with Gasteiger partial charge in [0.1, 0.15) is 5.37 Å². The van der Waals surface area contributed by atoms with Crippen LogP contribution in [0.15, 0.2) is 28.2 Å². The lowest BCUT2D eigenvalue weighted by Crippen LogP contribution is -2.28. The summed E-state index contributed by atoms with van der Waals surface area (Å²) < 4.78 is 0. The number of rotatable bonds is 0. The summed E-state index contributed by atoms with van der Waals surface area (Å²) in [7, 11) is 2.04. The van der Waals surface area contributed by atoms with E-state index in [0.29, 0.717) is 5.37 Å². The average molecular weight is 152 g/mol. The van der Waals surface area contributed by atoms with Crippen molar-refractivity contribution in [1.29, 1.82) is 0 Å². The lowest BCUT2D eigenvalue weighted by molar-refractivity contribution is 0.530. The van der Waals surface area contributed by atoms with Gasteiger partial charge in [-0.1, -0.05) is 0 Å². The normalized spacial score (nSPS) is 28.7. The Hall–Kier alpha value is -0.700. The molecular weight excluding hydrogens is 144 g/mol. The fourth-order valence-corrected chi connectivity index (χ4v) is 2.00. The summed E-state index contributed by atoms with van der Waals surface area (Å²) in [6.07, 6.45) is 5.89. The van der Waals surface area contributed by atoms with Crippen molar-refractivity contribution in [1.82, 2.24) is 4.90 Å². The second kappa shape index (κ2) is 2.16. The van der Waals surface area contributed by atoms with Crippen LogP contribution in [0.1, 0.15) is 0 Å². The van der Waals surface area contributed by atoms with Gasteiger partial charge in [-0.2, -0.15) is 0 Å². The SMILES string of the molecule is CN1C=NC=C2C=CSC21. The molecule has 0 aromatic rings. The minimum atomic E-state index is 0.484. The van der Waals surface area contributed by atoms with Crippen molar-refractivity contribution in [2.24, 2.45) is 4.99 Å². The number of hydrogen-bond donors (Lipinski definition) is 0. The summed E-state index contributed by atoms with van der Waals surface area (Å²) in [6, 6.07) is 0. The first-order valence-electron chi connectivity index (χ1n) is 3.15. The van der Waals surface area contributed by atoms with Crippen LogP contribution < -0.4 is 0 Å². The first kappa shape index (κ1) is 6.04. The third-order valence-electron chi connectivity index (χ3n) is 1.60. The van der Waals surface area contributed by atoms with E-state index < -0.39 is 0 Å². The molecular formula is C7H8N2S. The fraction of sp³-hybridized carbons (Fsp3) is 0.286. The maximum Gasteiger partial charge on any atom is 0.106 e. The van der Waals surface area contributed by atoms with E-state index in [1.165, 1.54) is 5.57 Å². The van der Waals surface area contributed by atoms with Gasteiger partial charge in [0, 0.05) is 18.8 Å². The van der Waals surface area contributed by atoms with E-state index >= 15 is 0 Å². The van der Waals surface area contributed by atoms with Crippen molar-refractivity contribution in [2.45, 2.75) is 5.37 Å². The third-order valence-corrected chi connectivity index (χ3v) is 2.75. The zero-order chi connectivity index (χ0) is 6.97. The first-order chi connectivity index (χ1) is 4.88. The van der Waals surface area contributed by atoms with Gasteiger partial charge < -0.3 is 4.90 Å². The molecule has 0 spiro atoms. The lowest BCUT2D eigenvalue weighted by atomic mass is 10.2. The lowest BCUT2D eigenvalue weighted by Gasteiger charge is -2.24. The van der Waals surface area contributed by atoms with Crippen LogP contribution in [0.3, 0.4) is 0 Å². The van der Waals surface area contributed by atoms with Gasteiger partial charge in [-0.15, -0.1) is 11.8 Å². The molecule has 10 heavy (non-hydrogen) atoms. The highest BCUT2D eigenvalue weighted by Gasteiger charge is 2.21. The maximum atomic E-state index is 4.08. The van der Waals surface area contributed by atoms with Crippen LogP contribution in [-0.2, 0) is 0 Å². The standard InChI is InChI=1S/C7H8N2S/c1-9-5-8-4-6-2-3-10-7(6)9/h2-5,7H,1H3. The molecule has 2 nitrogen and oxygen atoms in total. The molecule has 1 atom stereocenters. The van der Waals surface area contributed by atoms with Gasteiger partial charge in [-0.05, 0) is 11.5 Å². The Labute approximate surface area is 64.3 Å². The Balaban J connectivity index is 2.31. The van der Waals surface area contributed by atoms with Gasteiger partial charge >= 0.3 is 0 Å².